The van der Waals surface area contributed by atoms with Gasteiger partial charge in [0.05, 0.1) is 0 Å². The van der Waals surface area contributed by atoms with Gasteiger partial charge in [-0.05, 0) is 83.2 Å². The number of rotatable bonds is 3. The van der Waals surface area contributed by atoms with E-state index in [0.717, 1.165) is 15.5 Å². The van der Waals surface area contributed by atoms with Crippen LogP contribution in [-0.4, -0.2) is 29.6 Å². The SMILES string of the molecule is CC(C)(C)N1CCC(NCc2ccc(Br)c(Br)c2)CC1. The minimum Gasteiger partial charge on any atom is -0.310 e. The number of hydrogen-bond acceptors (Lipinski definition) is 2. The van der Waals surface area contributed by atoms with Gasteiger partial charge in [-0.15, -0.1) is 0 Å². The summed E-state index contributed by atoms with van der Waals surface area (Å²) in [5.41, 5.74) is 1.64. The lowest BCUT2D eigenvalue weighted by Gasteiger charge is -2.41. The normalized spacial score (nSPS) is 18.4. The zero-order chi connectivity index (χ0) is 14.8. The summed E-state index contributed by atoms with van der Waals surface area (Å²) in [6, 6.07) is 7.10. The van der Waals surface area contributed by atoms with E-state index in [2.05, 4.69) is 81.0 Å². The lowest BCUT2D eigenvalue weighted by atomic mass is 9.98. The van der Waals surface area contributed by atoms with E-state index in [9.17, 15) is 0 Å². The molecule has 0 amide bonds. The molecule has 1 aliphatic heterocycles. The number of nitrogens with zero attached hydrogens (tertiary/aromatic N) is 1. The Morgan fingerprint density at radius 1 is 1.15 bits per heavy atom. The quantitative estimate of drug-likeness (QED) is 0.795. The maximum absolute atomic E-state index is 3.69. The van der Waals surface area contributed by atoms with Gasteiger partial charge in [0.2, 0.25) is 0 Å². The molecule has 1 aromatic rings. The molecule has 112 valence electrons. The van der Waals surface area contributed by atoms with Crippen molar-refractivity contribution in [3.63, 3.8) is 0 Å². The first-order chi connectivity index (χ1) is 9.36. The first-order valence-corrected chi connectivity index (χ1v) is 8.87. The van der Waals surface area contributed by atoms with E-state index in [1.807, 2.05) is 0 Å². The van der Waals surface area contributed by atoms with Crippen molar-refractivity contribution >= 4 is 31.9 Å². The minimum absolute atomic E-state index is 0.307. The Kier molecular flexibility index (Phi) is 5.69. The first kappa shape index (κ1) is 16.5. The van der Waals surface area contributed by atoms with Gasteiger partial charge in [-0.25, -0.2) is 0 Å². The minimum atomic E-state index is 0.307. The zero-order valence-electron chi connectivity index (χ0n) is 12.5. The summed E-state index contributed by atoms with van der Waals surface area (Å²) in [7, 11) is 0. The predicted octanol–water partition coefficient (Wildman–Crippen LogP) is 4.56. The largest absolute Gasteiger partial charge is 0.310 e. The molecule has 0 spiro atoms. The molecule has 0 unspecified atom stereocenters. The molecule has 4 heteroatoms. The fraction of sp³-hybridized carbons (Fsp3) is 0.625. The van der Waals surface area contributed by atoms with Crippen molar-refractivity contribution in [3.05, 3.63) is 32.7 Å². The standard InChI is InChI=1S/C16H24Br2N2/c1-16(2,3)20-8-6-13(7-9-20)19-11-12-4-5-14(17)15(18)10-12/h4-5,10,13,19H,6-9,11H2,1-3H3. The third kappa shape index (κ3) is 4.55. The van der Waals surface area contributed by atoms with E-state index < -0.39 is 0 Å². The highest BCUT2D eigenvalue weighted by Crippen LogP contribution is 2.24. The van der Waals surface area contributed by atoms with Crippen molar-refractivity contribution in [2.24, 2.45) is 0 Å². The highest BCUT2D eigenvalue weighted by molar-refractivity contribution is 9.13. The van der Waals surface area contributed by atoms with E-state index in [1.54, 1.807) is 0 Å². The number of piperidine rings is 1. The summed E-state index contributed by atoms with van der Waals surface area (Å²) in [5.74, 6) is 0. The van der Waals surface area contributed by atoms with Crippen molar-refractivity contribution in [2.75, 3.05) is 13.1 Å². The van der Waals surface area contributed by atoms with Gasteiger partial charge >= 0.3 is 0 Å². The lowest BCUT2D eigenvalue weighted by Crippen LogP contribution is -2.49. The highest BCUT2D eigenvalue weighted by atomic mass is 79.9. The molecule has 1 N–H and O–H groups in total. The molecule has 20 heavy (non-hydrogen) atoms. The number of halogens is 2. The van der Waals surface area contributed by atoms with Crippen LogP contribution >= 0.6 is 31.9 Å². The second kappa shape index (κ2) is 6.91. The molecular weight excluding hydrogens is 380 g/mol. The van der Waals surface area contributed by atoms with Crippen molar-refractivity contribution in [1.82, 2.24) is 10.2 Å². The molecule has 0 atom stereocenters. The predicted molar refractivity (Wildman–Crippen MR) is 93.0 cm³/mol. The molecule has 1 aromatic carbocycles. The van der Waals surface area contributed by atoms with Gasteiger partial charge in [0.15, 0.2) is 0 Å². The monoisotopic (exact) mass is 402 g/mol. The maximum atomic E-state index is 3.69. The van der Waals surface area contributed by atoms with E-state index in [1.165, 1.54) is 31.5 Å². The maximum Gasteiger partial charge on any atom is 0.0320 e. The molecule has 2 nitrogen and oxygen atoms in total. The molecule has 1 aliphatic rings. The number of likely N-dealkylation sites (tertiary alicyclic amines) is 1. The molecule has 1 saturated heterocycles. The molecule has 1 heterocycles. The van der Waals surface area contributed by atoms with E-state index >= 15 is 0 Å². The summed E-state index contributed by atoms with van der Waals surface area (Å²) >= 11 is 7.07. The second-order valence-electron chi connectivity index (χ2n) is 6.56. The topological polar surface area (TPSA) is 15.3 Å². The van der Waals surface area contributed by atoms with Crippen LogP contribution in [0.5, 0.6) is 0 Å². The average Bonchev–Trinajstić information content (AvgIpc) is 2.40. The Labute approximate surface area is 139 Å². The Balaban J connectivity index is 1.80. The summed E-state index contributed by atoms with van der Waals surface area (Å²) in [5, 5.41) is 3.69. The van der Waals surface area contributed by atoms with Crippen LogP contribution in [0.15, 0.2) is 27.1 Å². The smallest absolute Gasteiger partial charge is 0.0320 e. The van der Waals surface area contributed by atoms with Crippen LogP contribution in [-0.2, 0) is 6.54 Å². The van der Waals surface area contributed by atoms with Gasteiger partial charge < -0.3 is 5.32 Å². The Morgan fingerprint density at radius 3 is 2.35 bits per heavy atom. The van der Waals surface area contributed by atoms with Crippen LogP contribution in [0.4, 0.5) is 0 Å². The Hall–Kier alpha value is 0.1000. The first-order valence-electron chi connectivity index (χ1n) is 7.28. The average molecular weight is 404 g/mol. The second-order valence-corrected chi connectivity index (χ2v) is 8.27. The van der Waals surface area contributed by atoms with Crippen molar-refractivity contribution in [3.8, 4) is 0 Å². The van der Waals surface area contributed by atoms with Crippen LogP contribution in [0.3, 0.4) is 0 Å². The van der Waals surface area contributed by atoms with E-state index in [4.69, 9.17) is 0 Å². The summed E-state index contributed by atoms with van der Waals surface area (Å²) in [4.78, 5) is 2.58. The molecule has 0 aliphatic carbocycles. The Bertz CT molecular complexity index is 446. The zero-order valence-corrected chi connectivity index (χ0v) is 15.7. The van der Waals surface area contributed by atoms with Crippen LogP contribution in [0.25, 0.3) is 0 Å². The van der Waals surface area contributed by atoms with Gasteiger partial charge in [-0.1, -0.05) is 6.07 Å². The number of hydrogen-bond donors (Lipinski definition) is 1. The summed E-state index contributed by atoms with van der Waals surface area (Å²) < 4.78 is 2.24. The van der Waals surface area contributed by atoms with Crippen molar-refractivity contribution in [1.29, 1.82) is 0 Å². The van der Waals surface area contributed by atoms with Gasteiger partial charge in [-0.3, -0.25) is 4.90 Å². The van der Waals surface area contributed by atoms with Crippen LogP contribution in [0, 0.1) is 0 Å². The van der Waals surface area contributed by atoms with Gasteiger partial charge in [0, 0.05) is 40.2 Å². The molecule has 0 saturated carbocycles. The lowest BCUT2D eigenvalue weighted by molar-refractivity contribution is 0.0960. The summed E-state index contributed by atoms with van der Waals surface area (Å²) in [6.07, 6.45) is 2.49. The molecule has 1 fully saturated rings. The molecular formula is C16H24Br2N2. The van der Waals surface area contributed by atoms with Crippen LogP contribution in [0.2, 0.25) is 0 Å². The van der Waals surface area contributed by atoms with Crippen molar-refractivity contribution in [2.45, 2.75) is 51.7 Å². The van der Waals surface area contributed by atoms with Gasteiger partial charge in [0.25, 0.3) is 0 Å². The highest BCUT2D eigenvalue weighted by Gasteiger charge is 2.26. The fourth-order valence-corrected chi connectivity index (χ4v) is 3.34. The molecule has 0 aromatic heterocycles. The van der Waals surface area contributed by atoms with Gasteiger partial charge in [0.1, 0.15) is 0 Å². The number of benzene rings is 1. The fourth-order valence-electron chi connectivity index (χ4n) is 2.67. The van der Waals surface area contributed by atoms with E-state index in [-0.39, 0.29) is 0 Å². The van der Waals surface area contributed by atoms with Crippen molar-refractivity contribution < 1.29 is 0 Å². The molecule has 0 radical (unpaired) electrons. The third-order valence-electron chi connectivity index (χ3n) is 4.02. The van der Waals surface area contributed by atoms with Gasteiger partial charge in [-0.2, -0.15) is 0 Å². The van der Waals surface area contributed by atoms with Crippen LogP contribution < -0.4 is 5.32 Å². The van der Waals surface area contributed by atoms with E-state index in [0.29, 0.717) is 11.6 Å². The summed E-state index contributed by atoms with van der Waals surface area (Å²) in [6.45, 7) is 10.3. The molecule has 0 bridgehead atoms. The van der Waals surface area contributed by atoms with Crippen LogP contribution in [0.1, 0.15) is 39.2 Å². The Morgan fingerprint density at radius 2 is 1.80 bits per heavy atom. The number of nitrogens with one attached hydrogen (secondary N) is 1. The third-order valence-corrected chi connectivity index (χ3v) is 5.90. The molecule has 2 rings (SSSR count).